The highest BCUT2D eigenvalue weighted by molar-refractivity contribution is 7.80. The molecule has 2 rings (SSSR count). The van der Waals surface area contributed by atoms with Gasteiger partial charge in [-0.25, -0.2) is 8.78 Å². The normalized spacial score (nSPS) is 19.6. The average molecular weight is 300 g/mol. The maximum Gasteiger partial charge on any atom is 0.166 e. The third-order valence-corrected chi connectivity index (χ3v) is 3.55. The standard InChI is InChI=1S/C14H18F2N2OS/c1-9(12-5-4-10(15)7-13(12)16)18-14(20)17-8-11-3-2-6-19-11/h4-5,7,9,11H,2-3,6,8H2,1H3,(H2,17,18,20)/t9-,11-/m1/s1. The first-order chi connectivity index (χ1) is 9.56. The molecule has 0 radical (unpaired) electrons. The predicted octanol–water partition coefficient (Wildman–Crippen LogP) is 2.67. The van der Waals surface area contributed by atoms with Gasteiger partial charge in [0, 0.05) is 24.8 Å². The lowest BCUT2D eigenvalue weighted by atomic mass is 10.1. The van der Waals surface area contributed by atoms with Crippen LogP contribution in [0.4, 0.5) is 8.78 Å². The van der Waals surface area contributed by atoms with Crippen molar-refractivity contribution in [2.24, 2.45) is 0 Å². The Kier molecular flexibility index (Phi) is 5.25. The van der Waals surface area contributed by atoms with Crippen LogP contribution in [0.1, 0.15) is 31.4 Å². The van der Waals surface area contributed by atoms with Crippen LogP contribution in [-0.2, 0) is 4.74 Å². The van der Waals surface area contributed by atoms with Crippen molar-refractivity contribution in [2.75, 3.05) is 13.2 Å². The van der Waals surface area contributed by atoms with Crippen molar-refractivity contribution < 1.29 is 13.5 Å². The van der Waals surface area contributed by atoms with Crippen molar-refractivity contribution in [3.05, 3.63) is 35.4 Å². The second kappa shape index (κ2) is 6.95. The fourth-order valence-corrected chi connectivity index (χ4v) is 2.45. The van der Waals surface area contributed by atoms with E-state index in [1.807, 2.05) is 0 Å². The summed E-state index contributed by atoms with van der Waals surface area (Å²) >= 11 is 5.16. The number of hydrogen-bond acceptors (Lipinski definition) is 2. The first-order valence-corrected chi connectivity index (χ1v) is 7.08. The smallest absolute Gasteiger partial charge is 0.166 e. The quantitative estimate of drug-likeness (QED) is 0.838. The Hall–Kier alpha value is -1.27. The molecule has 1 heterocycles. The highest BCUT2D eigenvalue weighted by atomic mass is 32.1. The zero-order chi connectivity index (χ0) is 14.5. The number of hydrogen-bond donors (Lipinski definition) is 2. The fourth-order valence-electron chi connectivity index (χ4n) is 2.19. The van der Waals surface area contributed by atoms with Gasteiger partial charge in [-0.3, -0.25) is 0 Å². The van der Waals surface area contributed by atoms with Crippen LogP contribution in [0.2, 0.25) is 0 Å². The third kappa shape index (κ3) is 4.11. The summed E-state index contributed by atoms with van der Waals surface area (Å²) in [7, 11) is 0. The van der Waals surface area contributed by atoms with Gasteiger partial charge in [0.1, 0.15) is 11.6 Å². The summed E-state index contributed by atoms with van der Waals surface area (Å²) in [5.74, 6) is -1.16. The summed E-state index contributed by atoms with van der Waals surface area (Å²) in [6, 6.07) is 3.20. The van der Waals surface area contributed by atoms with Crippen LogP contribution in [0.25, 0.3) is 0 Å². The Labute approximate surface area is 122 Å². The molecule has 110 valence electrons. The Balaban J connectivity index is 1.83. The van der Waals surface area contributed by atoms with E-state index in [4.69, 9.17) is 17.0 Å². The van der Waals surface area contributed by atoms with Crippen LogP contribution in [0.3, 0.4) is 0 Å². The second-order valence-electron chi connectivity index (χ2n) is 4.88. The highest BCUT2D eigenvalue weighted by Gasteiger charge is 2.16. The van der Waals surface area contributed by atoms with Gasteiger partial charge in [0.15, 0.2) is 5.11 Å². The molecular formula is C14H18F2N2OS. The molecule has 0 saturated carbocycles. The lowest BCUT2D eigenvalue weighted by molar-refractivity contribution is 0.114. The number of rotatable bonds is 4. The van der Waals surface area contributed by atoms with Crippen LogP contribution in [0.5, 0.6) is 0 Å². The molecule has 1 saturated heterocycles. The molecule has 2 N–H and O–H groups in total. The summed E-state index contributed by atoms with van der Waals surface area (Å²) in [6.45, 7) is 3.21. The first kappa shape index (κ1) is 15.1. The molecule has 6 heteroatoms. The number of halogens is 2. The molecule has 1 aliphatic rings. The van der Waals surface area contributed by atoms with Gasteiger partial charge in [0.2, 0.25) is 0 Å². The first-order valence-electron chi connectivity index (χ1n) is 6.67. The van der Waals surface area contributed by atoms with Crippen molar-refractivity contribution in [1.82, 2.24) is 10.6 Å². The Morgan fingerprint density at radius 3 is 2.95 bits per heavy atom. The van der Waals surface area contributed by atoms with E-state index in [2.05, 4.69) is 10.6 Å². The minimum Gasteiger partial charge on any atom is -0.376 e. The SMILES string of the molecule is C[C@@H](NC(=S)NC[C@H]1CCCO1)c1ccc(F)cc1F. The number of thiocarbonyl (C=S) groups is 1. The van der Waals surface area contributed by atoms with Gasteiger partial charge in [-0.05, 0) is 38.0 Å². The third-order valence-electron chi connectivity index (χ3n) is 3.29. The molecule has 0 aliphatic carbocycles. The summed E-state index contributed by atoms with van der Waals surface area (Å²) in [4.78, 5) is 0. The largest absolute Gasteiger partial charge is 0.376 e. The summed E-state index contributed by atoms with van der Waals surface area (Å²) in [5.41, 5.74) is 0.382. The number of benzene rings is 1. The fraction of sp³-hybridized carbons (Fsp3) is 0.500. The van der Waals surface area contributed by atoms with Crippen LogP contribution >= 0.6 is 12.2 Å². The average Bonchev–Trinajstić information content (AvgIpc) is 2.89. The van der Waals surface area contributed by atoms with E-state index in [1.165, 1.54) is 12.1 Å². The molecule has 1 aromatic carbocycles. The van der Waals surface area contributed by atoms with E-state index < -0.39 is 11.6 Å². The van der Waals surface area contributed by atoms with Crippen LogP contribution in [-0.4, -0.2) is 24.4 Å². The van der Waals surface area contributed by atoms with Crippen LogP contribution in [0.15, 0.2) is 18.2 Å². The minimum atomic E-state index is -0.586. The van der Waals surface area contributed by atoms with Gasteiger partial charge < -0.3 is 15.4 Å². The van der Waals surface area contributed by atoms with E-state index in [0.717, 1.165) is 25.5 Å². The van der Waals surface area contributed by atoms with E-state index in [0.29, 0.717) is 17.2 Å². The molecule has 1 aromatic rings. The molecular weight excluding hydrogens is 282 g/mol. The van der Waals surface area contributed by atoms with Gasteiger partial charge in [-0.15, -0.1) is 0 Å². The van der Waals surface area contributed by atoms with E-state index in [-0.39, 0.29) is 12.1 Å². The molecule has 0 bridgehead atoms. The van der Waals surface area contributed by atoms with Crippen molar-refractivity contribution in [3.8, 4) is 0 Å². The maximum atomic E-state index is 13.6. The van der Waals surface area contributed by atoms with Gasteiger partial charge in [0.05, 0.1) is 12.1 Å². The van der Waals surface area contributed by atoms with E-state index in [9.17, 15) is 8.78 Å². The molecule has 0 unspecified atom stereocenters. The lowest BCUT2D eigenvalue weighted by Gasteiger charge is -2.19. The van der Waals surface area contributed by atoms with Gasteiger partial charge in [-0.2, -0.15) is 0 Å². The van der Waals surface area contributed by atoms with Gasteiger partial charge in [-0.1, -0.05) is 6.07 Å². The summed E-state index contributed by atoms with van der Waals surface area (Å²) in [6.07, 6.45) is 2.29. The molecule has 1 aliphatic heterocycles. The van der Waals surface area contributed by atoms with Crippen molar-refractivity contribution in [2.45, 2.75) is 31.9 Å². The molecule has 0 spiro atoms. The Bertz CT molecular complexity index is 478. The van der Waals surface area contributed by atoms with Gasteiger partial charge in [0.25, 0.3) is 0 Å². The topological polar surface area (TPSA) is 33.3 Å². The second-order valence-corrected chi connectivity index (χ2v) is 5.29. The van der Waals surface area contributed by atoms with E-state index >= 15 is 0 Å². The number of ether oxygens (including phenoxy) is 1. The Morgan fingerprint density at radius 2 is 2.30 bits per heavy atom. The monoisotopic (exact) mass is 300 g/mol. The Morgan fingerprint density at radius 1 is 1.50 bits per heavy atom. The summed E-state index contributed by atoms with van der Waals surface area (Å²) in [5, 5.41) is 6.48. The highest BCUT2D eigenvalue weighted by Crippen LogP contribution is 2.17. The molecule has 0 amide bonds. The molecule has 20 heavy (non-hydrogen) atoms. The lowest BCUT2D eigenvalue weighted by Crippen LogP contribution is -2.40. The number of nitrogens with one attached hydrogen (secondary N) is 2. The molecule has 2 atom stereocenters. The van der Waals surface area contributed by atoms with Crippen molar-refractivity contribution >= 4 is 17.3 Å². The minimum absolute atomic E-state index is 0.188. The van der Waals surface area contributed by atoms with E-state index in [1.54, 1.807) is 6.92 Å². The molecule has 1 fully saturated rings. The molecule has 0 aromatic heterocycles. The van der Waals surface area contributed by atoms with Gasteiger partial charge >= 0.3 is 0 Å². The predicted molar refractivity (Wildman–Crippen MR) is 77.5 cm³/mol. The zero-order valence-corrected chi connectivity index (χ0v) is 12.1. The van der Waals surface area contributed by atoms with Crippen molar-refractivity contribution in [3.63, 3.8) is 0 Å². The summed E-state index contributed by atoms with van der Waals surface area (Å²) < 4.78 is 31.9. The molecule has 3 nitrogen and oxygen atoms in total. The van der Waals surface area contributed by atoms with Crippen LogP contribution in [0, 0.1) is 11.6 Å². The maximum absolute atomic E-state index is 13.6. The zero-order valence-electron chi connectivity index (χ0n) is 11.3. The van der Waals surface area contributed by atoms with Crippen LogP contribution < -0.4 is 10.6 Å². The van der Waals surface area contributed by atoms with Crippen molar-refractivity contribution in [1.29, 1.82) is 0 Å².